The Morgan fingerprint density at radius 3 is 2.77 bits per heavy atom. The number of aromatic nitrogens is 5. The van der Waals surface area contributed by atoms with Crippen molar-refractivity contribution in [3.8, 4) is 28.6 Å². The van der Waals surface area contributed by atoms with Crippen LogP contribution in [0.25, 0.3) is 27.7 Å². The number of carboxylic acid groups (broad SMARTS) is 1. The lowest BCUT2D eigenvalue weighted by atomic mass is 10.0. The summed E-state index contributed by atoms with van der Waals surface area (Å²) in [5, 5.41) is 19.1. The van der Waals surface area contributed by atoms with E-state index in [4.69, 9.17) is 9.72 Å². The van der Waals surface area contributed by atoms with E-state index in [-0.39, 0.29) is 6.04 Å². The number of hydrogen-bond acceptors (Lipinski definition) is 7. The van der Waals surface area contributed by atoms with Gasteiger partial charge < -0.3 is 20.1 Å². The monoisotopic (exact) mass is 535 g/mol. The summed E-state index contributed by atoms with van der Waals surface area (Å²) in [4.78, 5) is 26.5. The van der Waals surface area contributed by atoms with Crippen LogP contribution in [0.4, 0.5) is 10.7 Å². The number of nitrogens with one attached hydrogen (secondary N) is 1. The average molecular weight is 536 g/mol. The molecule has 10 heteroatoms. The summed E-state index contributed by atoms with van der Waals surface area (Å²) in [6, 6.07) is 15.7. The van der Waals surface area contributed by atoms with E-state index in [2.05, 4.69) is 26.4 Å². The van der Waals surface area contributed by atoms with Gasteiger partial charge in [-0.3, -0.25) is 0 Å². The van der Waals surface area contributed by atoms with Gasteiger partial charge >= 0.3 is 6.09 Å². The SMILES string of the molecule is Cc1cnn(-c2cccc3c(Oc4ncccc4-c4ccnc(NC5CCCN(C(=O)O)C5)n4)c(C)ccc23)c1. The van der Waals surface area contributed by atoms with E-state index in [1.807, 2.05) is 73.4 Å². The van der Waals surface area contributed by atoms with Gasteiger partial charge in [-0.25, -0.2) is 24.4 Å². The van der Waals surface area contributed by atoms with Gasteiger partial charge in [0.2, 0.25) is 11.8 Å². The van der Waals surface area contributed by atoms with Crippen molar-refractivity contribution < 1.29 is 14.6 Å². The van der Waals surface area contributed by atoms with Gasteiger partial charge in [0.05, 0.1) is 23.1 Å². The summed E-state index contributed by atoms with van der Waals surface area (Å²) >= 11 is 0. The van der Waals surface area contributed by atoms with Gasteiger partial charge in [0.15, 0.2) is 0 Å². The first-order chi connectivity index (χ1) is 19.5. The van der Waals surface area contributed by atoms with Crippen molar-refractivity contribution in [3.05, 3.63) is 84.4 Å². The number of amides is 1. The number of ether oxygens (including phenoxy) is 1. The Bertz CT molecular complexity index is 1700. The highest BCUT2D eigenvalue weighted by molar-refractivity contribution is 5.95. The number of likely N-dealkylation sites (tertiary alicyclic amines) is 1. The Morgan fingerprint density at radius 2 is 1.95 bits per heavy atom. The fraction of sp³-hybridized carbons (Fsp3) is 0.233. The Kier molecular flexibility index (Phi) is 6.73. The van der Waals surface area contributed by atoms with Gasteiger partial charge in [-0.05, 0) is 62.1 Å². The lowest BCUT2D eigenvalue weighted by molar-refractivity contribution is 0.132. The zero-order chi connectivity index (χ0) is 27.6. The number of rotatable bonds is 6. The molecule has 5 aromatic rings. The number of aryl methyl sites for hydroxylation is 2. The molecule has 1 aliphatic rings. The highest BCUT2D eigenvalue weighted by atomic mass is 16.5. The van der Waals surface area contributed by atoms with Crippen LogP contribution in [0.2, 0.25) is 0 Å². The molecule has 0 radical (unpaired) electrons. The van der Waals surface area contributed by atoms with Gasteiger partial charge in [0, 0.05) is 48.5 Å². The lowest BCUT2D eigenvalue weighted by Crippen LogP contribution is -2.44. The molecule has 1 amide bonds. The van der Waals surface area contributed by atoms with E-state index in [1.54, 1.807) is 12.4 Å². The third-order valence-electron chi connectivity index (χ3n) is 7.07. The van der Waals surface area contributed by atoms with E-state index >= 15 is 0 Å². The van der Waals surface area contributed by atoms with E-state index in [0.717, 1.165) is 46.0 Å². The smallest absolute Gasteiger partial charge is 0.407 e. The van der Waals surface area contributed by atoms with Crippen molar-refractivity contribution in [2.75, 3.05) is 18.4 Å². The molecule has 2 N–H and O–H groups in total. The first kappa shape index (κ1) is 25.3. The first-order valence-corrected chi connectivity index (χ1v) is 13.2. The molecule has 0 aliphatic carbocycles. The molecule has 0 bridgehead atoms. The quantitative estimate of drug-likeness (QED) is 0.278. The summed E-state index contributed by atoms with van der Waals surface area (Å²) in [5.41, 5.74) is 4.40. The first-order valence-electron chi connectivity index (χ1n) is 13.2. The zero-order valence-electron chi connectivity index (χ0n) is 22.3. The van der Waals surface area contributed by atoms with Crippen molar-refractivity contribution in [1.29, 1.82) is 0 Å². The fourth-order valence-electron chi connectivity index (χ4n) is 5.10. The van der Waals surface area contributed by atoms with Crippen molar-refractivity contribution in [2.45, 2.75) is 32.7 Å². The van der Waals surface area contributed by atoms with Crippen LogP contribution in [0.5, 0.6) is 11.6 Å². The molecule has 2 aromatic carbocycles. The number of nitrogens with zero attached hydrogens (tertiary/aromatic N) is 6. The molecule has 3 aromatic heterocycles. The Labute approximate surface area is 231 Å². The number of hydrogen-bond donors (Lipinski definition) is 2. The maximum absolute atomic E-state index is 11.4. The predicted molar refractivity (Wildman–Crippen MR) is 152 cm³/mol. The van der Waals surface area contributed by atoms with Gasteiger partial charge in [-0.15, -0.1) is 0 Å². The molecule has 1 aliphatic heterocycles. The molecule has 1 atom stereocenters. The van der Waals surface area contributed by atoms with Crippen LogP contribution in [0, 0.1) is 13.8 Å². The lowest BCUT2D eigenvalue weighted by Gasteiger charge is -2.31. The maximum Gasteiger partial charge on any atom is 0.407 e. The summed E-state index contributed by atoms with van der Waals surface area (Å²) < 4.78 is 8.42. The van der Waals surface area contributed by atoms with Crippen LogP contribution in [0.1, 0.15) is 24.0 Å². The van der Waals surface area contributed by atoms with Gasteiger partial charge in [0.25, 0.3) is 0 Å². The minimum absolute atomic E-state index is 0.0594. The highest BCUT2D eigenvalue weighted by Gasteiger charge is 2.24. The molecule has 10 nitrogen and oxygen atoms in total. The van der Waals surface area contributed by atoms with Crippen LogP contribution in [-0.4, -0.2) is 60.0 Å². The average Bonchev–Trinajstić information content (AvgIpc) is 3.40. The molecule has 4 heterocycles. The van der Waals surface area contributed by atoms with Gasteiger partial charge in [-0.2, -0.15) is 5.10 Å². The van der Waals surface area contributed by atoms with Crippen molar-refractivity contribution in [2.24, 2.45) is 0 Å². The van der Waals surface area contributed by atoms with Crippen LogP contribution in [-0.2, 0) is 0 Å². The Hall–Kier alpha value is -4.99. The number of pyridine rings is 1. The number of piperidine rings is 1. The highest BCUT2D eigenvalue weighted by Crippen LogP contribution is 2.38. The zero-order valence-corrected chi connectivity index (χ0v) is 22.3. The standard InChI is InChI=1S/C30H29N7O3/c1-19-16-33-37(17-19)26-9-3-7-23-22(26)11-10-20(2)27(23)40-28-24(8-4-13-31-28)25-12-14-32-29(35-25)34-21-6-5-15-36(18-21)30(38)39/h3-4,7-14,16-17,21H,5-6,15,18H2,1-2H3,(H,38,39)(H,32,34,35). The Morgan fingerprint density at radius 1 is 1.05 bits per heavy atom. The number of benzene rings is 2. The van der Waals surface area contributed by atoms with Crippen LogP contribution < -0.4 is 10.1 Å². The largest absolute Gasteiger partial charge is 0.465 e. The molecule has 1 saturated heterocycles. The molecule has 6 rings (SSSR count). The van der Waals surface area contributed by atoms with E-state index in [0.29, 0.717) is 36.4 Å². The minimum atomic E-state index is -0.908. The number of anilines is 1. The molecule has 202 valence electrons. The maximum atomic E-state index is 11.4. The molecule has 0 spiro atoms. The number of carbonyl (C=O) groups is 1. The minimum Gasteiger partial charge on any atom is -0.465 e. The van der Waals surface area contributed by atoms with E-state index in [1.165, 1.54) is 4.90 Å². The summed E-state index contributed by atoms with van der Waals surface area (Å²) in [6.45, 7) is 4.97. The second-order valence-electron chi connectivity index (χ2n) is 9.98. The Balaban J connectivity index is 1.32. The second kappa shape index (κ2) is 10.6. The van der Waals surface area contributed by atoms with E-state index < -0.39 is 6.09 Å². The van der Waals surface area contributed by atoms with Crippen LogP contribution in [0.3, 0.4) is 0 Å². The van der Waals surface area contributed by atoms with Gasteiger partial charge in [0.1, 0.15) is 5.75 Å². The third-order valence-corrected chi connectivity index (χ3v) is 7.07. The molecular formula is C30H29N7O3. The summed E-state index contributed by atoms with van der Waals surface area (Å²) in [6.07, 6.45) is 7.94. The normalized spacial score (nSPS) is 15.2. The molecule has 1 unspecified atom stereocenters. The second-order valence-corrected chi connectivity index (χ2v) is 9.98. The van der Waals surface area contributed by atoms with Crippen LogP contribution >= 0.6 is 0 Å². The van der Waals surface area contributed by atoms with Gasteiger partial charge in [-0.1, -0.05) is 24.3 Å². The van der Waals surface area contributed by atoms with E-state index in [9.17, 15) is 9.90 Å². The van der Waals surface area contributed by atoms with Crippen molar-refractivity contribution in [3.63, 3.8) is 0 Å². The third kappa shape index (κ3) is 5.03. The van der Waals surface area contributed by atoms with Crippen molar-refractivity contribution in [1.82, 2.24) is 29.6 Å². The fourth-order valence-corrected chi connectivity index (χ4v) is 5.10. The molecule has 0 saturated carbocycles. The summed E-state index contributed by atoms with van der Waals surface area (Å²) in [5.74, 6) is 1.58. The number of fused-ring (bicyclic) bond motifs is 1. The van der Waals surface area contributed by atoms with Crippen LogP contribution in [0.15, 0.2) is 73.3 Å². The predicted octanol–water partition coefficient (Wildman–Crippen LogP) is 5.84. The van der Waals surface area contributed by atoms with Crippen molar-refractivity contribution >= 4 is 22.8 Å². The molecular weight excluding hydrogens is 506 g/mol. The molecule has 1 fully saturated rings. The topological polar surface area (TPSA) is 118 Å². The summed E-state index contributed by atoms with van der Waals surface area (Å²) in [7, 11) is 0. The molecule has 40 heavy (non-hydrogen) atoms.